The maximum atomic E-state index is 13.7. The number of ether oxygens (including phenoxy) is 1. The number of primary amides is 1. The van der Waals surface area contributed by atoms with Gasteiger partial charge in [-0.05, 0) is 74.6 Å². The van der Waals surface area contributed by atoms with Crippen LogP contribution in [0.2, 0.25) is 0 Å². The van der Waals surface area contributed by atoms with Gasteiger partial charge in [-0.25, -0.2) is 0 Å². The average molecular weight is 555 g/mol. The number of benzene rings is 3. The quantitative estimate of drug-likeness (QED) is 0.453. The summed E-state index contributed by atoms with van der Waals surface area (Å²) in [6.45, 7) is 2.71. The van der Waals surface area contributed by atoms with Crippen molar-refractivity contribution in [1.29, 1.82) is 0 Å². The predicted octanol–water partition coefficient (Wildman–Crippen LogP) is 4.22. The Morgan fingerprint density at radius 1 is 0.902 bits per heavy atom. The van der Waals surface area contributed by atoms with E-state index in [0.29, 0.717) is 49.2 Å². The number of nitrogens with zero attached hydrogens (tertiary/aromatic N) is 2. The van der Waals surface area contributed by atoms with Crippen molar-refractivity contribution in [1.82, 2.24) is 4.90 Å². The van der Waals surface area contributed by atoms with Crippen LogP contribution in [0.5, 0.6) is 0 Å². The van der Waals surface area contributed by atoms with Crippen LogP contribution < -0.4 is 16.0 Å². The van der Waals surface area contributed by atoms with E-state index in [4.69, 9.17) is 10.5 Å². The van der Waals surface area contributed by atoms with Crippen LogP contribution in [0.4, 0.5) is 11.4 Å². The number of para-hydroxylation sites is 1. The second-order valence-corrected chi connectivity index (χ2v) is 10.5. The Balaban J connectivity index is 1.27. The molecule has 2 unspecified atom stereocenters. The van der Waals surface area contributed by atoms with Crippen LogP contribution in [0.3, 0.4) is 0 Å². The van der Waals surface area contributed by atoms with Crippen molar-refractivity contribution in [3.05, 3.63) is 95.1 Å². The Kier molecular flexibility index (Phi) is 8.45. The van der Waals surface area contributed by atoms with Crippen LogP contribution >= 0.6 is 0 Å². The van der Waals surface area contributed by atoms with E-state index in [0.717, 1.165) is 23.2 Å². The highest BCUT2D eigenvalue weighted by molar-refractivity contribution is 6.08. The molecule has 41 heavy (non-hydrogen) atoms. The number of likely N-dealkylation sites (tertiary alicyclic amines) is 1. The first-order valence-corrected chi connectivity index (χ1v) is 13.9. The number of anilines is 2. The first-order valence-electron chi connectivity index (χ1n) is 13.9. The van der Waals surface area contributed by atoms with E-state index in [1.807, 2.05) is 49.4 Å². The average Bonchev–Trinajstić information content (AvgIpc) is 3.41. The second kappa shape index (κ2) is 12.3. The highest BCUT2D eigenvalue weighted by Gasteiger charge is 2.34. The van der Waals surface area contributed by atoms with Crippen molar-refractivity contribution >= 4 is 35.0 Å². The molecule has 9 nitrogen and oxygen atoms in total. The van der Waals surface area contributed by atoms with Gasteiger partial charge in [-0.1, -0.05) is 36.4 Å². The fraction of sp³-hybridized carbons (Fsp3) is 0.312. The maximum Gasteiger partial charge on any atom is 0.258 e. The Hall–Kier alpha value is -4.50. The molecule has 3 N–H and O–H groups in total. The van der Waals surface area contributed by atoms with Gasteiger partial charge in [0.2, 0.25) is 11.8 Å². The van der Waals surface area contributed by atoms with Crippen molar-refractivity contribution in [2.75, 3.05) is 29.9 Å². The van der Waals surface area contributed by atoms with Gasteiger partial charge in [-0.15, -0.1) is 0 Å². The molecule has 2 heterocycles. The summed E-state index contributed by atoms with van der Waals surface area (Å²) < 4.78 is 6.10. The minimum absolute atomic E-state index is 0.160. The first kappa shape index (κ1) is 28.0. The second-order valence-electron chi connectivity index (χ2n) is 10.5. The van der Waals surface area contributed by atoms with Crippen molar-refractivity contribution in [3.63, 3.8) is 0 Å². The Morgan fingerprint density at radius 2 is 1.61 bits per heavy atom. The fourth-order valence-electron chi connectivity index (χ4n) is 5.59. The zero-order chi connectivity index (χ0) is 28.9. The molecule has 0 bridgehead atoms. The Morgan fingerprint density at radius 3 is 2.37 bits per heavy atom. The number of hydrogen-bond acceptors (Lipinski definition) is 5. The van der Waals surface area contributed by atoms with Gasteiger partial charge in [0.1, 0.15) is 12.6 Å². The Labute approximate surface area is 239 Å². The summed E-state index contributed by atoms with van der Waals surface area (Å²) in [5.41, 5.74) is 9.61. The maximum absolute atomic E-state index is 13.7. The van der Waals surface area contributed by atoms with Crippen LogP contribution in [0.15, 0.2) is 72.8 Å². The topological polar surface area (TPSA) is 122 Å². The van der Waals surface area contributed by atoms with Gasteiger partial charge in [0, 0.05) is 41.2 Å². The molecule has 0 radical (unpaired) electrons. The molecule has 0 aromatic heterocycles. The molecule has 2 aliphatic rings. The number of carbonyl (C=O) groups is 4. The molecule has 0 spiro atoms. The lowest BCUT2D eigenvalue weighted by Gasteiger charge is -2.25. The number of amides is 4. The highest BCUT2D eigenvalue weighted by Crippen LogP contribution is 2.36. The third-order valence-electron chi connectivity index (χ3n) is 7.76. The number of nitrogens with one attached hydrogen (secondary N) is 1. The summed E-state index contributed by atoms with van der Waals surface area (Å²) in [7, 11) is 0. The van der Waals surface area contributed by atoms with Gasteiger partial charge in [-0.2, -0.15) is 0 Å². The number of hydrogen-bond donors (Lipinski definition) is 2. The predicted molar refractivity (Wildman–Crippen MR) is 156 cm³/mol. The van der Waals surface area contributed by atoms with E-state index < -0.39 is 11.9 Å². The molecule has 1 saturated heterocycles. The highest BCUT2D eigenvalue weighted by atomic mass is 16.5. The van der Waals surface area contributed by atoms with E-state index in [9.17, 15) is 19.2 Å². The van der Waals surface area contributed by atoms with E-state index in [1.165, 1.54) is 4.90 Å². The molecular weight excluding hydrogens is 520 g/mol. The molecule has 1 fully saturated rings. The molecule has 2 atom stereocenters. The smallest absolute Gasteiger partial charge is 0.258 e. The molecule has 4 amide bonds. The van der Waals surface area contributed by atoms with Gasteiger partial charge in [0.15, 0.2) is 0 Å². The molecule has 3 aromatic rings. The summed E-state index contributed by atoms with van der Waals surface area (Å²) >= 11 is 0. The number of carbonyl (C=O) groups excluding carboxylic acids is 4. The first-order chi connectivity index (χ1) is 19.8. The van der Waals surface area contributed by atoms with Crippen molar-refractivity contribution in [2.24, 2.45) is 5.73 Å². The van der Waals surface area contributed by atoms with Crippen LogP contribution in [0, 0.1) is 6.92 Å². The van der Waals surface area contributed by atoms with Gasteiger partial charge >= 0.3 is 0 Å². The number of rotatable bonds is 7. The van der Waals surface area contributed by atoms with Crippen molar-refractivity contribution in [3.8, 4) is 0 Å². The van der Waals surface area contributed by atoms with Gasteiger partial charge in [-0.3, -0.25) is 19.2 Å². The van der Waals surface area contributed by atoms with E-state index >= 15 is 0 Å². The number of aryl methyl sites for hydroxylation is 1. The van der Waals surface area contributed by atoms with Crippen molar-refractivity contribution < 1.29 is 23.9 Å². The van der Waals surface area contributed by atoms with Crippen molar-refractivity contribution in [2.45, 2.75) is 44.8 Å². The summed E-state index contributed by atoms with van der Waals surface area (Å²) in [5, 5.41) is 2.89. The van der Waals surface area contributed by atoms with E-state index in [2.05, 4.69) is 5.32 Å². The largest absolute Gasteiger partial charge is 0.368 e. The molecule has 5 rings (SSSR count). The van der Waals surface area contributed by atoms with Crippen LogP contribution in [0.25, 0.3) is 0 Å². The standard InChI is InChI=1S/C32H34N4O5/c1-21-8-2-3-9-24(21)31(39)34-23-16-14-22(15-17-23)32(40)36-19-7-13-28(25-10-4-5-11-26(25)36)41-20-29(37)35-18-6-12-27(35)30(33)38/h2-5,8-11,14-17,27-28H,6-7,12-13,18-20H2,1H3,(H2,33,38)(H,34,39). The lowest BCUT2D eigenvalue weighted by molar-refractivity contribution is -0.143. The number of fused-ring (bicyclic) bond motifs is 1. The van der Waals surface area contributed by atoms with Gasteiger partial charge in [0.25, 0.3) is 11.8 Å². The molecular formula is C32H34N4O5. The summed E-state index contributed by atoms with van der Waals surface area (Å²) in [6.07, 6.45) is 2.25. The van der Waals surface area contributed by atoms with E-state index in [-0.39, 0.29) is 30.4 Å². The summed E-state index contributed by atoms with van der Waals surface area (Å²) in [5.74, 6) is -1.11. The third-order valence-corrected chi connectivity index (χ3v) is 7.76. The lowest BCUT2D eigenvalue weighted by Crippen LogP contribution is -2.45. The van der Waals surface area contributed by atoms with Crippen LogP contribution in [0.1, 0.15) is 63.6 Å². The lowest BCUT2D eigenvalue weighted by atomic mass is 10.0. The minimum atomic E-state index is -0.581. The number of nitrogens with two attached hydrogens (primary N) is 1. The summed E-state index contributed by atoms with van der Waals surface area (Å²) in [6, 6.07) is 21.2. The molecule has 0 saturated carbocycles. The summed E-state index contributed by atoms with van der Waals surface area (Å²) in [4.78, 5) is 54.2. The fourth-order valence-corrected chi connectivity index (χ4v) is 5.59. The third kappa shape index (κ3) is 6.15. The molecule has 212 valence electrons. The van der Waals surface area contributed by atoms with Crippen LogP contribution in [-0.2, 0) is 14.3 Å². The zero-order valence-electron chi connectivity index (χ0n) is 23.0. The zero-order valence-corrected chi connectivity index (χ0v) is 23.0. The Bertz CT molecular complexity index is 1450. The minimum Gasteiger partial charge on any atom is -0.368 e. The monoisotopic (exact) mass is 554 g/mol. The van der Waals surface area contributed by atoms with E-state index in [1.54, 1.807) is 35.2 Å². The molecule has 9 heteroatoms. The van der Waals surface area contributed by atoms with Gasteiger partial charge in [0.05, 0.1) is 6.10 Å². The van der Waals surface area contributed by atoms with Gasteiger partial charge < -0.3 is 25.6 Å². The van der Waals surface area contributed by atoms with Crippen LogP contribution in [-0.4, -0.2) is 54.3 Å². The molecule has 0 aliphatic carbocycles. The molecule has 2 aliphatic heterocycles. The normalized spacial score (nSPS) is 18.4. The molecule has 3 aromatic carbocycles. The SMILES string of the molecule is Cc1ccccc1C(=O)Nc1ccc(C(=O)N2CCCC(OCC(=O)N3CCCC3C(N)=O)c3ccccc32)cc1.